The molecule has 1 saturated heterocycles. The van der Waals surface area contributed by atoms with Crippen molar-refractivity contribution in [2.24, 2.45) is 45.3 Å². The van der Waals surface area contributed by atoms with E-state index in [1.807, 2.05) is 0 Å². The molecular formula is C35H54O8. The lowest BCUT2D eigenvalue weighted by molar-refractivity contribution is -0.225. The molecule has 1 heterocycles. The van der Waals surface area contributed by atoms with Crippen LogP contribution in [0.2, 0.25) is 0 Å². The van der Waals surface area contributed by atoms with E-state index in [1.165, 1.54) is 39.0 Å². The maximum atomic E-state index is 11.9. The van der Waals surface area contributed by atoms with E-state index in [0.29, 0.717) is 40.8 Å². The third-order valence-corrected chi connectivity index (χ3v) is 13.8. The number of carbonyl (C=O) groups excluding carboxylic acids is 3. The van der Waals surface area contributed by atoms with E-state index in [9.17, 15) is 19.5 Å². The molecule has 5 aliphatic carbocycles. The summed E-state index contributed by atoms with van der Waals surface area (Å²) in [4.78, 5) is 34.1. The molecule has 1 aliphatic heterocycles. The predicted molar refractivity (Wildman–Crippen MR) is 159 cm³/mol. The van der Waals surface area contributed by atoms with Gasteiger partial charge in [-0.25, -0.2) is 0 Å². The maximum absolute atomic E-state index is 11.9. The smallest absolute Gasteiger partial charge is 0.303 e. The van der Waals surface area contributed by atoms with Gasteiger partial charge in [-0.3, -0.25) is 4.79 Å². The number of aliphatic hydroxyl groups is 1. The number of rotatable bonds is 10. The Morgan fingerprint density at radius 3 is 2.40 bits per heavy atom. The molecule has 0 aromatic rings. The van der Waals surface area contributed by atoms with Crippen molar-refractivity contribution in [1.82, 2.24) is 0 Å². The van der Waals surface area contributed by atoms with Crippen LogP contribution in [0.3, 0.4) is 0 Å². The molecule has 8 heteroatoms. The summed E-state index contributed by atoms with van der Waals surface area (Å²) in [6.07, 6.45) is 11.6. The van der Waals surface area contributed by atoms with Crippen LogP contribution >= 0.6 is 0 Å². The molecule has 12 atom stereocenters. The van der Waals surface area contributed by atoms with Gasteiger partial charge >= 0.3 is 5.97 Å². The van der Waals surface area contributed by atoms with Crippen LogP contribution in [0.4, 0.5) is 0 Å². The van der Waals surface area contributed by atoms with Gasteiger partial charge in [-0.05, 0) is 123 Å². The van der Waals surface area contributed by atoms with Crippen molar-refractivity contribution in [2.75, 3.05) is 6.61 Å². The minimum Gasteiger partial charge on any atom is -0.457 e. The highest BCUT2D eigenvalue weighted by molar-refractivity contribution is 5.66. The molecule has 8 unspecified atom stereocenters. The van der Waals surface area contributed by atoms with Crippen LogP contribution in [0.1, 0.15) is 112 Å². The fourth-order valence-corrected chi connectivity index (χ4v) is 12.1. The molecule has 0 aromatic heterocycles. The van der Waals surface area contributed by atoms with Crippen molar-refractivity contribution in [3.63, 3.8) is 0 Å². The molecule has 2 spiro atoms. The molecular weight excluding hydrogens is 548 g/mol. The highest BCUT2D eigenvalue weighted by Gasteiger charge is 2.80. The van der Waals surface area contributed by atoms with Crippen LogP contribution in [0, 0.1) is 45.3 Å². The third-order valence-electron chi connectivity index (χ3n) is 13.8. The van der Waals surface area contributed by atoms with E-state index in [0.717, 1.165) is 38.4 Å². The van der Waals surface area contributed by atoms with E-state index in [-0.39, 0.29) is 48.1 Å². The Morgan fingerprint density at radius 1 is 0.977 bits per heavy atom. The topological polar surface area (TPSA) is 108 Å². The summed E-state index contributed by atoms with van der Waals surface area (Å²) in [5.41, 5.74) is -0.171. The Balaban J connectivity index is 1.18. The van der Waals surface area contributed by atoms with Crippen LogP contribution in [-0.4, -0.2) is 66.6 Å². The van der Waals surface area contributed by atoms with Gasteiger partial charge in [0.15, 0.2) is 12.4 Å². The number of hydrogen-bond donors (Lipinski definition) is 1. The number of ether oxygens (including phenoxy) is 4. The van der Waals surface area contributed by atoms with Crippen LogP contribution < -0.4 is 0 Å². The molecule has 43 heavy (non-hydrogen) atoms. The fraction of sp³-hybridized carbons (Fsp3) is 0.914. The average molecular weight is 603 g/mol. The molecule has 0 radical (unpaired) electrons. The predicted octanol–water partition coefficient (Wildman–Crippen LogP) is 5.41. The summed E-state index contributed by atoms with van der Waals surface area (Å²) in [5.74, 6) is 2.05. The zero-order valence-electron chi connectivity index (χ0n) is 27.1. The summed E-state index contributed by atoms with van der Waals surface area (Å²) in [5, 5.41) is 10.9. The van der Waals surface area contributed by atoms with Crippen LogP contribution in [0.5, 0.6) is 0 Å². The number of carbonyl (C=O) groups is 3. The third kappa shape index (κ3) is 4.87. The fourth-order valence-electron chi connectivity index (χ4n) is 12.1. The first kappa shape index (κ1) is 31.6. The lowest BCUT2D eigenvalue weighted by Crippen LogP contribution is -2.55. The van der Waals surface area contributed by atoms with E-state index in [1.54, 1.807) is 13.8 Å². The summed E-state index contributed by atoms with van der Waals surface area (Å²) in [6, 6.07) is 0. The Labute approximate surface area is 257 Å². The molecule has 1 N–H and O–H groups in total. The summed E-state index contributed by atoms with van der Waals surface area (Å²) >= 11 is 0. The second-order valence-electron chi connectivity index (χ2n) is 16.5. The average Bonchev–Trinajstić information content (AvgIpc) is 3.51. The Hall–Kier alpha value is -1.35. The van der Waals surface area contributed by atoms with E-state index >= 15 is 0 Å². The molecule has 6 rings (SSSR count). The first-order chi connectivity index (χ1) is 20.2. The van der Waals surface area contributed by atoms with Gasteiger partial charge in [0, 0.05) is 6.92 Å². The molecule has 6 fully saturated rings. The van der Waals surface area contributed by atoms with Crippen molar-refractivity contribution < 1.29 is 38.4 Å². The van der Waals surface area contributed by atoms with E-state index < -0.39 is 18.0 Å². The van der Waals surface area contributed by atoms with Gasteiger partial charge in [-0.15, -0.1) is 0 Å². The zero-order valence-corrected chi connectivity index (χ0v) is 27.1. The Kier molecular flexibility index (Phi) is 8.00. The minimum atomic E-state index is -1.16. The van der Waals surface area contributed by atoms with Crippen LogP contribution in [0.25, 0.3) is 0 Å². The number of aldehydes is 2. The normalized spacial score (nSPS) is 45.7. The Bertz CT molecular complexity index is 1100. The minimum absolute atomic E-state index is 0.00316. The quantitative estimate of drug-likeness (QED) is 0.201. The van der Waals surface area contributed by atoms with Crippen molar-refractivity contribution >= 4 is 18.5 Å². The molecule has 0 amide bonds. The van der Waals surface area contributed by atoms with Crippen LogP contribution in [-0.2, 0) is 33.3 Å². The van der Waals surface area contributed by atoms with Crippen LogP contribution in [0.15, 0.2) is 0 Å². The second kappa shape index (κ2) is 10.9. The van der Waals surface area contributed by atoms with Gasteiger partial charge in [0.2, 0.25) is 0 Å². The SMILES string of the molecule is CC(=O)O[C@@H](C1CCC2C(CC3C4CCC5C(C)(C)[C@@H](OC(CC=O)OCC=O)CCC56C[C@@]46CC[C@]23C)O1)C(C)(C)O. The zero-order chi connectivity index (χ0) is 31.0. The first-order valence-electron chi connectivity index (χ1n) is 16.9. The monoisotopic (exact) mass is 602 g/mol. The molecule has 0 aromatic carbocycles. The summed E-state index contributed by atoms with van der Waals surface area (Å²) in [6.45, 7) is 12.0. The molecule has 6 aliphatic rings. The van der Waals surface area contributed by atoms with Crippen molar-refractivity contribution in [3.05, 3.63) is 0 Å². The highest BCUT2D eigenvalue weighted by atomic mass is 16.7. The van der Waals surface area contributed by atoms with Gasteiger partial charge in [0.25, 0.3) is 0 Å². The second-order valence-corrected chi connectivity index (χ2v) is 16.5. The van der Waals surface area contributed by atoms with E-state index in [2.05, 4.69) is 20.8 Å². The largest absolute Gasteiger partial charge is 0.457 e. The van der Waals surface area contributed by atoms with Gasteiger partial charge in [-0.1, -0.05) is 20.8 Å². The van der Waals surface area contributed by atoms with E-state index in [4.69, 9.17) is 18.9 Å². The number of fused-ring (bicyclic) bond motifs is 4. The van der Waals surface area contributed by atoms with Crippen molar-refractivity contribution in [2.45, 2.75) is 148 Å². The van der Waals surface area contributed by atoms with Crippen molar-refractivity contribution in [1.29, 1.82) is 0 Å². The molecule has 8 nitrogen and oxygen atoms in total. The molecule has 0 bridgehead atoms. The molecule has 5 saturated carbocycles. The summed E-state index contributed by atoms with van der Waals surface area (Å²) in [7, 11) is 0. The molecule has 242 valence electrons. The van der Waals surface area contributed by atoms with Gasteiger partial charge in [0.05, 0.1) is 30.3 Å². The lowest BCUT2D eigenvalue weighted by Gasteiger charge is -2.59. The van der Waals surface area contributed by atoms with Gasteiger partial charge in [0.1, 0.15) is 19.2 Å². The number of hydrogen-bond acceptors (Lipinski definition) is 8. The number of esters is 1. The standard InChI is InChI=1S/C35H54O8/c1-21(38)41-30(32(4,5)39)25-9-7-23-26(42-25)19-24-22-8-10-27-31(2,3)28(43-29(12-16-36)40-18-17-37)11-13-35(27)20-34(22,35)15-14-33(23,24)6/h16-17,22-30,39H,7-15,18-20H2,1-6H3/t22?,23?,24?,25?,26?,27?,28-,29?,30-,33+,34-,35?/m0/s1. The first-order valence-corrected chi connectivity index (χ1v) is 16.9. The van der Waals surface area contributed by atoms with Gasteiger partial charge < -0.3 is 33.6 Å². The van der Waals surface area contributed by atoms with Gasteiger partial charge in [-0.2, -0.15) is 0 Å². The van der Waals surface area contributed by atoms with Crippen molar-refractivity contribution in [3.8, 4) is 0 Å². The highest BCUT2D eigenvalue weighted by Crippen LogP contribution is 2.87. The Morgan fingerprint density at radius 2 is 1.72 bits per heavy atom. The summed E-state index contributed by atoms with van der Waals surface area (Å²) < 4.78 is 24.5. The maximum Gasteiger partial charge on any atom is 0.303 e. The lowest BCUT2D eigenvalue weighted by atomic mass is 9.46.